The molecule has 0 saturated carbocycles. The second kappa shape index (κ2) is 5.35. The van der Waals surface area contributed by atoms with Gasteiger partial charge in [0.1, 0.15) is 4.90 Å². The van der Waals surface area contributed by atoms with E-state index in [-0.39, 0.29) is 4.90 Å². The van der Waals surface area contributed by atoms with Gasteiger partial charge >= 0.3 is 0 Å². The van der Waals surface area contributed by atoms with Crippen LogP contribution in [0.2, 0.25) is 0 Å². The molecular formula is C14H14BrNO2S. The van der Waals surface area contributed by atoms with Crippen molar-refractivity contribution in [1.82, 2.24) is 0 Å². The number of hydrogen-bond donors (Lipinski definition) is 1. The minimum Gasteiger partial charge on any atom is -0.280 e. The van der Waals surface area contributed by atoms with Gasteiger partial charge in [-0.25, -0.2) is 8.42 Å². The molecule has 0 aliphatic rings. The second-order valence-electron chi connectivity index (χ2n) is 4.41. The van der Waals surface area contributed by atoms with E-state index in [1.807, 2.05) is 19.9 Å². The Balaban J connectivity index is 2.39. The van der Waals surface area contributed by atoms with Crippen molar-refractivity contribution in [3.8, 4) is 0 Å². The molecule has 0 spiro atoms. The van der Waals surface area contributed by atoms with Crippen LogP contribution < -0.4 is 4.72 Å². The van der Waals surface area contributed by atoms with Gasteiger partial charge in [-0.15, -0.1) is 0 Å². The van der Waals surface area contributed by atoms with Gasteiger partial charge in [0, 0.05) is 10.2 Å². The first-order valence-electron chi connectivity index (χ1n) is 5.74. The van der Waals surface area contributed by atoms with Crippen molar-refractivity contribution >= 4 is 31.6 Å². The van der Waals surface area contributed by atoms with E-state index in [2.05, 4.69) is 20.7 Å². The normalized spacial score (nSPS) is 11.3. The van der Waals surface area contributed by atoms with Gasteiger partial charge in [-0.05, 0) is 65.2 Å². The van der Waals surface area contributed by atoms with Crippen molar-refractivity contribution in [3.63, 3.8) is 0 Å². The van der Waals surface area contributed by atoms with Crippen LogP contribution in [-0.2, 0) is 10.0 Å². The monoisotopic (exact) mass is 339 g/mol. The fourth-order valence-electron chi connectivity index (χ4n) is 1.91. The van der Waals surface area contributed by atoms with E-state index >= 15 is 0 Å². The average molecular weight is 340 g/mol. The van der Waals surface area contributed by atoms with Crippen molar-refractivity contribution < 1.29 is 8.42 Å². The Bertz CT molecular complexity index is 691. The second-order valence-corrected chi connectivity index (χ2v) is 6.92. The Hall–Kier alpha value is -1.33. The summed E-state index contributed by atoms with van der Waals surface area (Å²) in [6, 6.07) is 12.4. The van der Waals surface area contributed by atoms with Crippen LogP contribution in [0.5, 0.6) is 0 Å². The van der Waals surface area contributed by atoms with Gasteiger partial charge in [0.15, 0.2) is 0 Å². The molecule has 0 saturated heterocycles. The lowest BCUT2D eigenvalue weighted by Crippen LogP contribution is -2.13. The molecule has 1 N–H and O–H groups in total. The summed E-state index contributed by atoms with van der Waals surface area (Å²) in [4.78, 5) is 0.231. The standard InChI is InChI=1S/C14H14BrNO2S/c1-10-7-11(2)9-12(8-10)16-19(17,18)14-6-4-3-5-13(14)15/h3-9,16H,1-2H3. The van der Waals surface area contributed by atoms with Gasteiger partial charge in [-0.2, -0.15) is 0 Å². The Kier molecular flexibility index (Phi) is 3.96. The lowest BCUT2D eigenvalue weighted by molar-refractivity contribution is 0.601. The molecule has 0 radical (unpaired) electrons. The average Bonchev–Trinajstić information content (AvgIpc) is 2.26. The summed E-state index contributed by atoms with van der Waals surface area (Å²) >= 11 is 3.26. The molecule has 0 heterocycles. The number of hydrogen-bond acceptors (Lipinski definition) is 2. The number of nitrogens with one attached hydrogen (secondary N) is 1. The maximum Gasteiger partial charge on any atom is 0.263 e. The van der Waals surface area contributed by atoms with Crippen LogP contribution in [0.4, 0.5) is 5.69 Å². The zero-order valence-electron chi connectivity index (χ0n) is 10.6. The van der Waals surface area contributed by atoms with E-state index in [4.69, 9.17) is 0 Å². The molecule has 0 amide bonds. The smallest absolute Gasteiger partial charge is 0.263 e. The lowest BCUT2D eigenvalue weighted by Gasteiger charge is -2.10. The third-order valence-corrected chi connectivity index (χ3v) is 4.99. The van der Waals surface area contributed by atoms with E-state index in [1.165, 1.54) is 0 Å². The predicted octanol–water partition coefficient (Wildman–Crippen LogP) is 3.87. The number of aryl methyl sites for hydroxylation is 2. The van der Waals surface area contributed by atoms with Crippen LogP contribution in [0.1, 0.15) is 11.1 Å². The number of rotatable bonds is 3. The number of anilines is 1. The molecule has 2 rings (SSSR count). The molecule has 0 aromatic heterocycles. The Morgan fingerprint density at radius 1 is 1.00 bits per heavy atom. The van der Waals surface area contributed by atoms with Gasteiger partial charge in [0.2, 0.25) is 0 Å². The van der Waals surface area contributed by atoms with Crippen molar-refractivity contribution in [1.29, 1.82) is 0 Å². The fraction of sp³-hybridized carbons (Fsp3) is 0.143. The lowest BCUT2D eigenvalue weighted by atomic mass is 10.1. The van der Waals surface area contributed by atoms with Crippen LogP contribution in [0.3, 0.4) is 0 Å². The van der Waals surface area contributed by atoms with E-state index < -0.39 is 10.0 Å². The molecule has 0 fully saturated rings. The van der Waals surface area contributed by atoms with Crippen LogP contribution in [-0.4, -0.2) is 8.42 Å². The summed E-state index contributed by atoms with van der Waals surface area (Å²) in [5, 5.41) is 0. The predicted molar refractivity (Wildman–Crippen MR) is 80.9 cm³/mol. The Labute approximate surface area is 121 Å². The van der Waals surface area contributed by atoms with Crippen molar-refractivity contribution in [2.45, 2.75) is 18.7 Å². The number of halogens is 1. The highest BCUT2D eigenvalue weighted by atomic mass is 79.9. The summed E-state index contributed by atoms with van der Waals surface area (Å²) in [5.41, 5.74) is 2.61. The van der Waals surface area contributed by atoms with Crippen LogP contribution in [0.15, 0.2) is 51.8 Å². The summed E-state index contributed by atoms with van der Waals surface area (Å²) in [5.74, 6) is 0. The summed E-state index contributed by atoms with van der Waals surface area (Å²) in [6.07, 6.45) is 0. The highest BCUT2D eigenvalue weighted by Crippen LogP contribution is 2.24. The molecule has 0 unspecified atom stereocenters. The van der Waals surface area contributed by atoms with Crippen molar-refractivity contribution in [2.75, 3.05) is 4.72 Å². The fourth-order valence-corrected chi connectivity index (χ4v) is 3.95. The molecule has 2 aromatic rings. The first-order chi connectivity index (χ1) is 8.88. The molecule has 0 aliphatic heterocycles. The minimum atomic E-state index is -3.57. The molecule has 2 aromatic carbocycles. The zero-order chi connectivity index (χ0) is 14.0. The quantitative estimate of drug-likeness (QED) is 0.922. The van der Waals surface area contributed by atoms with Gasteiger partial charge in [0.25, 0.3) is 10.0 Å². The zero-order valence-corrected chi connectivity index (χ0v) is 13.0. The summed E-state index contributed by atoms with van der Waals surface area (Å²) < 4.78 is 27.8. The SMILES string of the molecule is Cc1cc(C)cc(NS(=O)(=O)c2ccccc2Br)c1. The van der Waals surface area contributed by atoms with E-state index in [9.17, 15) is 8.42 Å². The van der Waals surface area contributed by atoms with E-state index in [1.54, 1.807) is 36.4 Å². The molecule has 19 heavy (non-hydrogen) atoms. The maximum absolute atomic E-state index is 12.3. The molecule has 0 bridgehead atoms. The van der Waals surface area contributed by atoms with E-state index in [0.29, 0.717) is 10.2 Å². The molecule has 0 atom stereocenters. The first kappa shape index (κ1) is 14.1. The summed E-state index contributed by atoms with van der Waals surface area (Å²) in [6.45, 7) is 3.87. The van der Waals surface area contributed by atoms with Gasteiger partial charge < -0.3 is 0 Å². The molecule has 0 aliphatic carbocycles. The van der Waals surface area contributed by atoms with Crippen LogP contribution in [0.25, 0.3) is 0 Å². The topological polar surface area (TPSA) is 46.2 Å². The first-order valence-corrected chi connectivity index (χ1v) is 8.02. The van der Waals surface area contributed by atoms with Gasteiger partial charge in [-0.1, -0.05) is 18.2 Å². The molecule has 5 heteroatoms. The largest absolute Gasteiger partial charge is 0.280 e. The van der Waals surface area contributed by atoms with Gasteiger partial charge in [0.05, 0.1) is 0 Å². The Morgan fingerprint density at radius 3 is 2.16 bits per heavy atom. The number of benzene rings is 2. The van der Waals surface area contributed by atoms with Crippen LogP contribution in [0, 0.1) is 13.8 Å². The summed E-state index contributed by atoms with van der Waals surface area (Å²) in [7, 11) is -3.57. The third kappa shape index (κ3) is 3.36. The number of sulfonamides is 1. The van der Waals surface area contributed by atoms with Crippen molar-refractivity contribution in [3.05, 3.63) is 58.1 Å². The molecular weight excluding hydrogens is 326 g/mol. The van der Waals surface area contributed by atoms with E-state index in [0.717, 1.165) is 11.1 Å². The Morgan fingerprint density at radius 2 is 1.58 bits per heavy atom. The highest BCUT2D eigenvalue weighted by Gasteiger charge is 2.17. The molecule has 3 nitrogen and oxygen atoms in total. The highest BCUT2D eigenvalue weighted by molar-refractivity contribution is 9.10. The molecule has 100 valence electrons. The van der Waals surface area contributed by atoms with Gasteiger partial charge in [-0.3, -0.25) is 4.72 Å². The minimum absolute atomic E-state index is 0.231. The van der Waals surface area contributed by atoms with Crippen LogP contribution >= 0.6 is 15.9 Å². The maximum atomic E-state index is 12.3. The van der Waals surface area contributed by atoms with Crippen molar-refractivity contribution in [2.24, 2.45) is 0 Å². The third-order valence-electron chi connectivity index (χ3n) is 2.60.